The molecular weight excluding hydrogens is 425 g/mol. The first-order valence-corrected chi connectivity index (χ1v) is 10.4. The van der Waals surface area contributed by atoms with E-state index in [4.69, 9.17) is 11.6 Å². The number of nitrogens with zero attached hydrogens (tertiary/aromatic N) is 1. The summed E-state index contributed by atoms with van der Waals surface area (Å²) in [6.45, 7) is 3.45. The lowest BCUT2D eigenvalue weighted by molar-refractivity contribution is -0.132. The summed E-state index contributed by atoms with van der Waals surface area (Å²) in [7, 11) is 0. The first-order chi connectivity index (χ1) is 14.3. The zero-order valence-corrected chi connectivity index (χ0v) is 17.7. The number of thiophene rings is 1. The van der Waals surface area contributed by atoms with Crippen LogP contribution in [0.3, 0.4) is 0 Å². The lowest BCUT2D eigenvalue weighted by Crippen LogP contribution is -2.29. The van der Waals surface area contributed by atoms with Crippen molar-refractivity contribution in [2.75, 3.05) is 4.90 Å². The summed E-state index contributed by atoms with van der Waals surface area (Å²) in [5, 5.41) is 13.3. The molecule has 4 nitrogen and oxygen atoms in total. The van der Waals surface area contributed by atoms with E-state index >= 15 is 0 Å². The SMILES string of the molecule is Cc1cc(/C(O)=C2/C(=O)C(=O)N(c3cccc(Cl)c3)C2c2sccc2C)ccc1F. The number of amides is 1. The average molecular weight is 442 g/mol. The molecule has 1 N–H and O–H groups in total. The van der Waals surface area contributed by atoms with Gasteiger partial charge in [-0.05, 0) is 72.8 Å². The molecule has 1 aromatic heterocycles. The first-order valence-electron chi connectivity index (χ1n) is 9.16. The minimum absolute atomic E-state index is 0.0310. The molecule has 1 aliphatic rings. The van der Waals surface area contributed by atoms with Crippen molar-refractivity contribution in [3.05, 3.63) is 91.9 Å². The Labute approximate surface area is 181 Å². The summed E-state index contributed by atoms with van der Waals surface area (Å²) >= 11 is 7.51. The molecule has 0 saturated carbocycles. The van der Waals surface area contributed by atoms with Crippen LogP contribution in [0.25, 0.3) is 5.76 Å². The van der Waals surface area contributed by atoms with E-state index in [0.29, 0.717) is 16.3 Å². The molecule has 3 aromatic rings. The van der Waals surface area contributed by atoms with Gasteiger partial charge in [0.05, 0.1) is 5.57 Å². The smallest absolute Gasteiger partial charge is 0.300 e. The van der Waals surface area contributed by atoms with E-state index in [1.165, 1.54) is 34.4 Å². The van der Waals surface area contributed by atoms with Gasteiger partial charge in [-0.15, -0.1) is 11.3 Å². The number of hydrogen-bond acceptors (Lipinski definition) is 4. The molecule has 152 valence electrons. The second kappa shape index (κ2) is 7.70. The normalized spacial score (nSPS) is 18.3. The summed E-state index contributed by atoms with van der Waals surface area (Å²) in [5.74, 6) is -2.31. The van der Waals surface area contributed by atoms with E-state index in [9.17, 15) is 19.1 Å². The minimum Gasteiger partial charge on any atom is -0.507 e. The van der Waals surface area contributed by atoms with Crippen LogP contribution in [0.5, 0.6) is 0 Å². The Morgan fingerprint density at radius 3 is 2.50 bits per heavy atom. The van der Waals surface area contributed by atoms with Crippen molar-refractivity contribution in [2.45, 2.75) is 19.9 Å². The van der Waals surface area contributed by atoms with Gasteiger partial charge in [0.1, 0.15) is 17.6 Å². The minimum atomic E-state index is -0.811. The zero-order valence-electron chi connectivity index (χ0n) is 16.1. The standard InChI is InChI=1S/C23H17ClFNO3S/c1-12-8-9-30-22(12)19-18(20(27)14-6-7-17(25)13(2)10-14)21(28)23(29)26(19)16-5-3-4-15(24)11-16/h3-11,19,27H,1-2H3/b20-18-. The molecule has 1 fully saturated rings. The quantitative estimate of drug-likeness (QED) is 0.318. The van der Waals surface area contributed by atoms with Crippen LogP contribution in [0.15, 0.2) is 59.5 Å². The largest absolute Gasteiger partial charge is 0.507 e. The zero-order chi connectivity index (χ0) is 21.6. The number of ketones is 1. The highest BCUT2D eigenvalue weighted by atomic mass is 35.5. The summed E-state index contributed by atoms with van der Waals surface area (Å²) in [5.41, 5.74) is 1.91. The molecule has 1 atom stereocenters. The molecule has 1 amide bonds. The maximum absolute atomic E-state index is 13.7. The van der Waals surface area contributed by atoms with E-state index in [2.05, 4.69) is 0 Å². The van der Waals surface area contributed by atoms with Crippen molar-refractivity contribution in [2.24, 2.45) is 0 Å². The van der Waals surface area contributed by atoms with Gasteiger partial charge in [-0.1, -0.05) is 17.7 Å². The number of Topliss-reactive ketones (excluding diaryl/α,β-unsaturated/α-hetero) is 1. The Balaban J connectivity index is 1.97. The maximum Gasteiger partial charge on any atom is 0.300 e. The highest BCUT2D eigenvalue weighted by molar-refractivity contribution is 7.10. The van der Waals surface area contributed by atoms with Crippen molar-refractivity contribution in [3.8, 4) is 0 Å². The molecule has 1 saturated heterocycles. The van der Waals surface area contributed by atoms with E-state index < -0.39 is 23.5 Å². The van der Waals surface area contributed by atoms with Crippen molar-refractivity contribution in [1.29, 1.82) is 0 Å². The molecule has 0 aliphatic carbocycles. The second-order valence-electron chi connectivity index (χ2n) is 7.08. The highest BCUT2D eigenvalue weighted by Gasteiger charge is 2.48. The highest BCUT2D eigenvalue weighted by Crippen LogP contribution is 2.45. The fourth-order valence-electron chi connectivity index (χ4n) is 3.58. The van der Waals surface area contributed by atoms with E-state index in [-0.39, 0.29) is 16.9 Å². The van der Waals surface area contributed by atoms with Gasteiger partial charge in [-0.25, -0.2) is 4.39 Å². The Morgan fingerprint density at radius 2 is 1.87 bits per heavy atom. The summed E-state index contributed by atoms with van der Waals surface area (Å²) in [6.07, 6.45) is 0. The number of aliphatic hydroxyl groups is 1. The molecular formula is C23H17ClFNO3S. The fourth-order valence-corrected chi connectivity index (χ4v) is 4.79. The number of benzene rings is 2. The van der Waals surface area contributed by atoms with Gasteiger partial charge < -0.3 is 5.11 Å². The molecule has 2 aromatic carbocycles. The fraction of sp³-hybridized carbons (Fsp3) is 0.130. The molecule has 0 spiro atoms. The average Bonchev–Trinajstić information content (AvgIpc) is 3.24. The lowest BCUT2D eigenvalue weighted by Gasteiger charge is -2.25. The number of aryl methyl sites for hydroxylation is 2. The third-order valence-electron chi connectivity index (χ3n) is 5.11. The van der Waals surface area contributed by atoms with Crippen LogP contribution in [-0.4, -0.2) is 16.8 Å². The van der Waals surface area contributed by atoms with Gasteiger partial charge in [0, 0.05) is 21.2 Å². The van der Waals surface area contributed by atoms with Crippen LogP contribution in [0, 0.1) is 19.7 Å². The van der Waals surface area contributed by atoms with E-state index in [1.54, 1.807) is 31.2 Å². The van der Waals surface area contributed by atoms with Gasteiger partial charge >= 0.3 is 0 Å². The molecule has 30 heavy (non-hydrogen) atoms. The Morgan fingerprint density at radius 1 is 1.10 bits per heavy atom. The Bertz CT molecular complexity index is 1220. The number of hydrogen-bond donors (Lipinski definition) is 1. The number of aliphatic hydroxyl groups excluding tert-OH is 1. The van der Waals surface area contributed by atoms with Gasteiger partial charge in [-0.2, -0.15) is 0 Å². The van der Waals surface area contributed by atoms with Gasteiger partial charge in [0.2, 0.25) is 0 Å². The topological polar surface area (TPSA) is 57.6 Å². The summed E-state index contributed by atoms with van der Waals surface area (Å²) in [6, 6.07) is 11.8. The third-order valence-corrected chi connectivity index (χ3v) is 6.42. The predicted molar refractivity (Wildman–Crippen MR) is 116 cm³/mol. The van der Waals surface area contributed by atoms with Crippen molar-refractivity contribution >= 4 is 46.1 Å². The van der Waals surface area contributed by atoms with Crippen molar-refractivity contribution < 1.29 is 19.1 Å². The van der Waals surface area contributed by atoms with Gasteiger partial charge in [0.25, 0.3) is 11.7 Å². The lowest BCUT2D eigenvalue weighted by atomic mass is 9.97. The van der Waals surface area contributed by atoms with Crippen LogP contribution in [0.4, 0.5) is 10.1 Å². The molecule has 1 aliphatic heterocycles. The van der Waals surface area contributed by atoms with E-state index in [1.807, 2.05) is 18.4 Å². The second-order valence-corrected chi connectivity index (χ2v) is 8.46. The van der Waals surface area contributed by atoms with Gasteiger partial charge in [0.15, 0.2) is 0 Å². The number of carbonyl (C=O) groups is 2. The van der Waals surface area contributed by atoms with Crippen LogP contribution in [0.1, 0.15) is 27.6 Å². The summed E-state index contributed by atoms with van der Waals surface area (Å²) in [4.78, 5) is 28.2. The van der Waals surface area contributed by atoms with Crippen LogP contribution in [-0.2, 0) is 9.59 Å². The van der Waals surface area contributed by atoms with Crippen LogP contribution < -0.4 is 4.90 Å². The third kappa shape index (κ3) is 3.32. The first kappa shape index (κ1) is 20.3. The maximum atomic E-state index is 13.7. The Hall–Kier alpha value is -2.96. The molecule has 1 unspecified atom stereocenters. The predicted octanol–water partition coefficient (Wildman–Crippen LogP) is 5.78. The van der Waals surface area contributed by atoms with Crippen molar-refractivity contribution in [1.82, 2.24) is 0 Å². The number of rotatable bonds is 3. The molecule has 2 heterocycles. The number of halogens is 2. The molecule has 0 bridgehead atoms. The number of carbonyl (C=O) groups excluding carboxylic acids is 2. The molecule has 7 heteroatoms. The van der Waals surface area contributed by atoms with Gasteiger partial charge in [-0.3, -0.25) is 14.5 Å². The molecule has 0 radical (unpaired) electrons. The van der Waals surface area contributed by atoms with Crippen LogP contribution in [0.2, 0.25) is 5.02 Å². The summed E-state index contributed by atoms with van der Waals surface area (Å²) < 4.78 is 13.7. The number of anilines is 1. The van der Waals surface area contributed by atoms with E-state index in [0.717, 1.165) is 10.4 Å². The monoisotopic (exact) mass is 441 g/mol. The Kier molecular flexibility index (Phi) is 5.22. The molecule has 4 rings (SSSR count). The van der Waals surface area contributed by atoms with Crippen LogP contribution >= 0.6 is 22.9 Å². The van der Waals surface area contributed by atoms with Crippen molar-refractivity contribution in [3.63, 3.8) is 0 Å².